The molecule has 0 atom stereocenters. The molecule has 5 rings (SSSR count). The Hall–Kier alpha value is -2.94. The van der Waals surface area contributed by atoms with Crippen molar-refractivity contribution in [1.29, 1.82) is 0 Å². The monoisotopic (exact) mass is 535 g/mol. The van der Waals surface area contributed by atoms with Crippen LogP contribution in [0, 0.1) is 19.8 Å². The highest BCUT2D eigenvalue weighted by molar-refractivity contribution is 7.14. The van der Waals surface area contributed by atoms with Gasteiger partial charge in [-0.05, 0) is 67.9 Å². The van der Waals surface area contributed by atoms with Crippen LogP contribution < -0.4 is 9.64 Å². The summed E-state index contributed by atoms with van der Waals surface area (Å²) in [6, 6.07) is 12.8. The molecule has 7 nitrogen and oxygen atoms in total. The number of hydrogen-bond acceptors (Lipinski definition) is 7. The average molecular weight is 536 g/mol. The van der Waals surface area contributed by atoms with Gasteiger partial charge in [-0.3, -0.25) is 9.69 Å². The molecule has 3 aromatic rings. The fourth-order valence-electron chi connectivity index (χ4n) is 5.40. The van der Waals surface area contributed by atoms with Crippen molar-refractivity contribution in [2.24, 2.45) is 5.92 Å². The molecule has 2 saturated heterocycles. The second-order valence-corrected chi connectivity index (χ2v) is 11.5. The molecule has 0 bridgehead atoms. The number of aliphatic carboxylic acids is 1. The first-order valence-corrected chi connectivity index (χ1v) is 14.4. The molecule has 3 heterocycles. The van der Waals surface area contributed by atoms with Crippen molar-refractivity contribution >= 4 is 22.4 Å². The molecular formula is C30H37N3O4S. The number of ether oxygens (including phenoxy) is 1. The molecule has 202 valence electrons. The molecule has 1 aromatic heterocycles. The van der Waals surface area contributed by atoms with E-state index in [-0.39, 0.29) is 12.0 Å². The second kappa shape index (κ2) is 11.8. The predicted molar refractivity (Wildman–Crippen MR) is 151 cm³/mol. The average Bonchev–Trinajstić information content (AvgIpc) is 3.40. The normalized spacial score (nSPS) is 17.6. The molecule has 38 heavy (non-hydrogen) atoms. The summed E-state index contributed by atoms with van der Waals surface area (Å²) in [6.45, 7) is 8.93. The highest BCUT2D eigenvalue weighted by Gasteiger charge is 2.26. The van der Waals surface area contributed by atoms with Crippen LogP contribution >= 0.6 is 11.3 Å². The number of nitrogens with zero attached hydrogens (tertiary/aromatic N) is 3. The van der Waals surface area contributed by atoms with Gasteiger partial charge in [-0.2, -0.15) is 0 Å². The molecule has 2 aliphatic rings. The lowest BCUT2D eigenvalue weighted by molar-refractivity contribution is -0.142. The number of hydrogen-bond donors (Lipinski definition) is 2. The number of aliphatic hydroxyl groups excluding tert-OH is 1. The molecule has 0 spiro atoms. The number of likely N-dealkylation sites (tertiary alicyclic amines) is 1. The third-order valence-corrected chi connectivity index (χ3v) is 8.74. The maximum absolute atomic E-state index is 11.3. The van der Waals surface area contributed by atoms with Gasteiger partial charge in [0.2, 0.25) is 0 Å². The number of aryl methyl sites for hydroxylation is 2. The summed E-state index contributed by atoms with van der Waals surface area (Å²) in [7, 11) is 0. The Morgan fingerprint density at radius 1 is 1.05 bits per heavy atom. The van der Waals surface area contributed by atoms with E-state index in [1.54, 1.807) is 11.3 Å². The van der Waals surface area contributed by atoms with Gasteiger partial charge >= 0.3 is 5.97 Å². The van der Waals surface area contributed by atoms with E-state index in [1.165, 1.54) is 11.1 Å². The maximum atomic E-state index is 11.3. The molecule has 0 saturated carbocycles. The summed E-state index contributed by atoms with van der Waals surface area (Å²) in [5, 5.41) is 22.1. The molecule has 2 N–H and O–H groups in total. The lowest BCUT2D eigenvalue weighted by atomic mass is 9.97. The minimum absolute atomic E-state index is 0.147. The molecule has 0 radical (unpaired) electrons. The molecule has 0 amide bonds. The summed E-state index contributed by atoms with van der Waals surface area (Å²) < 4.78 is 6.43. The number of thiazole rings is 1. The molecule has 2 aliphatic heterocycles. The van der Waals surface area contributed by atoms with E-state index in [2.05, 4.69) is 59.4 Å². The summed E-state index contributed by atoms with van der Waals surface area (Å²) in [4.78, 5) is 20.8. The summed E-state index contributed by atoms with van der Waals surface area (Å²) in [5.74, 6) is -0.0956. The maximum Gasteiger partial charge on any atom is 0.306 e. The zero-order valence-electron chi connectivity index (χ0n) is 22.2. The number of carboxylic acid groups (broad SMARTS) is 1. The molecule has 0 unspecified atom stereocenters. The fraction of sp³-hybridized carbons (Fsp3) is 0.467. The van der Waals surface area contributed by atoms with Crippen molar-refractivity contribution in [2.75, 3.05) is 31.1 Å². The first-order valence-electron chi connectivity index (χ1n) is 13.5. The van der Waals surface area contributed by atoms with E-state index >= 15 is 0 Å². The van der Waals surface area contributed by atoms with Crippen molar-refractivity contribution in [3.63, 3.8) is 0 Å². The highest BCUT2D eigenvalue weighted by atomic mass is 32.1. The van der Waals surface area contributed by atoms with Crippen LogP contribution in [0.3, 0.4) is 0 Å². The second-order valence-electron chi connectivity index (χ2n) is 10.6. The first kappa shape index (κ1) is 26.7. The van der Waals surface area contributed by atoms with Gasteiger partial charge in [0, 0.05) is 43.7 Å². The lowest BCUT2D eigenvalue weighted by Gasteiger charge is -2.29. The Bertz CT molecular complexity index is 1260. The first-order chi connectivity index (χ1) is 18.4. The molecular weight excluding hydrogens is 498 g/mol. The van der Waals surface area contributed by atoms with Crippen LogP contribution in [0.15, 0.2) is 41.8 Å². The predicted octanol–water partition coefficient (Wildman–Crippen LogP) is 5.26. The number of piperidine rings is 2. The zero-order valence-corrected chi connectivity index (χ0v) is 23.0. The minimum atomic E-state index is -0.696. The van der Waals surface area contributed by atoms with Crippen molar-refractivity contribution in [3.8, 4) is 17.0 Å². The largest absolute Gasteiger partial charge is 0.488 e. The molecule has 2 aromatic carbocycles. The Balaban J connectivity index is 1.25. The number of para-hydroxylation sites is 1. The van der Waals surface area contributed by atoms with Crippen LogP contribution in [0.4, 0.5) is 5.13 Å². The quantitative estimate of drug-likeness (QED) is 0.407. The van der Waals surface area contributed by atoms with E-state index in [0.29, 0.717) is 19.4 Å². The lowest BCUT2D eigenvalue weighted by Crippen LogP contribution is -2.36. The summed E-state index contributed by atoms with van der Waals surface area (Å²) >= 11 is 1.60. The SMILES string of the molecule is Cc1cc(CN2CCC(O)CC2)ccc1COc1c(C)cccc1-c1csc(N2CCC(C(=O)O)CC2)n1. The van der Waals surface area contributed by atoms with Gasteiger partial charge in [-0.1, -0.05) is 30.3 Å². The standard InChI is InChI=1S/C30H37N3O4S/c1-20-4-3-5-26(27-19-38-30(31-27)33-14-8-23(9-15-33)29(35)36)28(20)37-18-24-7-6-22(16-21(24)2)17-32-12-10-25(34)11-13-32/h3-7,16,19,23,25,34H,8-15,17-18H2,1-2H3,(H,35,36). The topological polar surface area (TPSA) is 86.1 Å². The number of carboxylic acids is 1. The number of rotatable bonds is 8. The van der Waals surface area contributed by atoms with Gasteiger partial charge in [-0.15, -0.1) is 11.3 Å². The number of anilines is 1. The van der Waals surface area contributed by atoms with Crippen LogP contribution in [0.25, 0.3) is 11.3 Å². The fourth-order valence-corrected chi connectivity index (χ4v) is 6.28. The van der Waals surface area contributed by atoms with Crippen LogP contribution in [0.2, 0.25) is 0 Å². The van der Waals surface area contributed by atoms with Gasteiger partial charge in [0.25, 0.3) is 0 Å². The van der Waals surface area contributed by atoms with E-state index in [0.717, 1.165) is 78.8 Å². The van der Waals surface area contributed by atoms with Gasteiger partial charge < -0.3 is 19.8 Å². The Morgan fingerprint density at radius 2 is 1.82 bits per heavy atom. The Labute approximate surface area is 228 Å². The Kier molecular flexibility index (Phi) is 8.31. The third kappa shape index (κ3) is 6.20. The smallest absolute Gasteiger partial charge is 0.306 e. The van der Waals surface area contributed by atoms with E-state index in [1.807, 2.05) is 6.07 Å². The van der Waals surface area contributed by atoms with Crippen LogP contribution in [0.5, 0.6) is 5.75 Å². The molecule has 2 fully saturated rings. The van der Waals surface area contributed by atoms with E-state index in [4.69, 9.17) is 9.72 Å². The number of benzene rings is 2. The molecule has 8 heteroatoms. The van der Waals surface area contributed by atoms with Crippen molar-refractivity contribution in [1.82, 2.24) is 9.88 Å². The van der Waals surface area contributed by atoms with Gasteiger partial charge in [0.1, 0.15) is 12.4 Å². The summed E-state index contributed by atoms with van der Waals surface area (Å²) in [6.07, 6.45) is 2.87. The minimum Gasteiger partial charge on any atom is -0.488 e. The number of aromatic nitrogens is 1. The summed E-state index contributed by atoms with van der Waals surface area (Å²) in [5.41, 5.74) is 6.62. The van der Waals surface area contributed by atoms with Gasteiger partial charge in [0.15, 0.2) is 5.13 Å². The Morgan fingerprint density at radius 3 is 2.53 bits per heavy atom. The van der Waals surface area contributed by atoms with Gasteiger partial charge in [-0.25, -0.2) is 4.98 Å². The highest BCUT2D eigenvalue weighted by Crippen LogP contribution is 2.37. The van der Waals surface area contributed by atoms with Crippen molar-refractivity contribution in [2.45, 2.75) is 58.8 Å². The van der Waals surface area contributed by atoms with Crippen LogP contribution in [-0.2, 0) is 17.9 Å². The van der Waals surface area contributed by atoms with E-state index < -0.39 is 5.97 Å². The molecule has 0 aliphatic carbocycles. The van der Waals surface area contributed by atoms with E-state index in [9.17, 15) is 15.0 Å². The third-order valence-electron chi connectivity index (χ3n) is 7.84. The zero-order chi connectivity index (χ0) is 26.6. The van der Waals surface area contributed by atoms with Crippen molar-refractivity contribution < 1.29 is 19.7 Å². The van der Waals surface area contributed by atoms with Crippen LogP contribution in [0.1, 0.15) is 47.9 Å². The van der Waals surface area contributed by atoms with Crippen molar-refractivity contribution in [3.05, 3.63) is 64.0 Å². The number of carbonyl (C=O) groups is 1. The van der Waals surface area contributed by atoms with Gasteiger partial charge in [0.05, 0.1) is 17.7 Å². The van der Waals surface area contributed by atoms with Crippen LogP contribution in [-0.4, -0.2) is 58.3 Å². The number of aliphatic hydroxyl groups is 1.